The van der Waals surface area contributed by atoms with Gasteiger partial charge in [0, 0.05) is 30.0 Å². The van der Waals surface area contributed by atoms with Crippen LogP contribution in [0.3, 0.4) is 0 Å². The van der Waals surface area contributed by atoms with Crippen molar-refractivity contribution in [2.75, 3.05) is 31.6 Å². The van der Waals surface area contributed by atoms with Gasteiger partial charge in [-0.25, -0.2) is 4.39 Å². The predicted molar refractivity (Wildman–Crippen MR) is 141 cm³/mol. The van der Waals surface area contributed by atoms with E-state index in [1.54, 1.807) is 7.11 Å². The van der Waals surface area contributed by atoms with E-state index in [1.807, 2.05) is 0 Å². The zero-order valence-corrected chi connectivity index (χ0v) is 22.0. The molecule has 6 nitrogen and oxygen atoms in total. The third kappa shape index (κ3) is 3.52. The predicted octanol–water partition coefficient (Wildman–Crippen LogP) is 4.29. The van der Waals surface area contributed by atoms with E-state index in [2.05, 4.69) is 50.9 Å². The summed E-state index contributed by atoms with van der Waals surface area (Å²) in [5.74, 6) is 0.335. The van der Waals surface area contributed by atoms with Crippen LogP contribution in [0.1, 0.15) is 51.0 Å². The number of nitrogens with zero attached hydrogens (tertiary/aromatic N) is 3. The van der Waals surface area contributed by atoms with Gasteiger partial charge in [-0.2, -0.15) is 5.26 Å². The lowest BCUT2D eigenvalue weighted by Crippen LogP contribution is -2.47. The summed E-state index contributed by atoms with van der Waals surface area (Å²) in [6, 6.07) is 3.80. The lowest BCUT2D eigenvalue weighted by Gasteiger charge is -2.33. The minimum absolute atomic E-state index is 0.0633. The van der Waals surface area contributed by atoms with Gasteiger partial charge in [0.1, 0.15) is 21.5 Å². The van der Waals surface area contributed by atoms with E-state index in [1.165, 1.54) is 17.4 Å². The summed E-state index contributed by atoms with van der Waals surface area (Å²) in [5.41, 5.74) is 0.762. The molecule has 1 aliphatic carbocycles. The van der Waals surface area contributed by atoms with E-state index in [4.69, 9.17) is 4.74 Å². The van der Waals surface area contributed by atoms with Crippen LogP contribution in [-0.4, -0.2) is 36.9 Å². The number of hydrogen-bond acceptors (Lipinski definition) is 6. The Bertz CT molecular complexity index is 1400. The highest BCUT2D eigenvalue weighted by atomic mass is 32.1. The molecule has 1 aliphatic heterocycles. The van der Waals surface area contributed by atoms with E-state index in [9.17, 15) is 10.1 Å². The monoisotopic (exact) mass is 500 g/mol. The van der Waals surface area contributed by atoms with Crippen molar-refractivity contribution in [3.05, 3.63) is 27.0 Å². The number of fused-ring (bicyclic) bond motifs is 2. The van der Waals surface area contributed by atoms with Crippen molar-refractivity contribution in [2.24, 2.45) is 5.92 Å². The first-order valence-electron chi connectivity index (χ1n) is 11.8. The summed E-state index contributed by atoms with van der Waals surface area (Å²) >= 11 is 1.33. The fraction of sp³-hybridized carbons (Fsp3) is 0.520. The zero-order chi connectivity index (χ0) is 24.4. The minimum Gasteiger partial charge on any atom is -0.492 e. The highest BCUT2D eigenvalue weighted by Gasteiger charge is 2.38. The molecule has 1 saturated carbocycles. The van der Waals surface area contributed by atoms with E-state index in [0.717, 1.165) is 37.2 Å². The molecule has 0 amide bonds. The summed E-state index contributed by atoms with van der Waals surface area (Å²) in [7, 11) is 4.09. The molecule has 2 unspecified atom stereocenters. The maximum absolute atomic E-state index is 15.8. The molecule has 1 aromatic carbocycles. The van der Waals surface area contributed by atoms with Gasteiger partial charge < -0.3 is 19.5 Å². The number of anilines is 1. The number of nitriles is 1. The number of methoxy groups -OCH3 is 1. The first-order chi connectivity index (χ1) is 16.2. The van der Waals surface area contributed by atoms with Crippen molar-refractivity contribution in [2.45, 2.75) is 51.6 Å². The molecule has 1 saturated heterocycles. The summed E-state index contributed by atoms with van der Waals surface area (Å²) in [4.78, 5) is 16.9. The standard InChI is InChI=1S/C25H30FN4O2PS/c1-5-28-25(2,3)13-8-9-29(12-13)20-16(26)10-15-19(22(20)32-4)30(14-6-7-14)24-18(21(15)31)23(33)17(11-27)34-24/h10,13-14,28H,5-9,12,33H2,1-4H3. The Balaban J connectivity index is 1.76. The molecule has 1 N–H and O–H groups in total. The van der Waals surface area contributed by atoms with Gasteiger partial charge in [-0.3, -0.25) is 4.79 Å². The lowest BCUT2D eigenvalue weighted by atomic mass is 9.87. The Hall–Kier alpha value is -2.20. The van der Waals surface area contributed by atoms with Gasteiger partial charge in [-0.1, -0.05) is 6.92 Å². The Morgan fingerprint density at radius 1 is 1.38 bits per heavy atom. The van der Waals surface area contributed by atoms with Gasteiger partial charge in [0.05, 0.1) is 23.4 Å². The lowest BCUT2D eigenvalue weighted by molar-refractivity contribution is 0.276. The van der Waals surface area contributed by atoms with Crippen LogP contribution in [0.15, 0.2) is 10.9 Å². The third-order valence-electron chi connectivity index (χ3n) is 7.42. The molecule has 180 valence electrons. The Morgan fingerprint density at radius 2 is 2.12 bits per heavy atom. The number of pyridine rings is 1. The van der Waals surface area contributed by atoms with E-state index in [-0.39, 0.29) is 17.0 Å². The highest BCUT2D eigenvalue weighted by molar-refractivity contribution is 7.33. The van der Waals surface area contributed by atoms with E-state index in [0.29, 0.717) is 50.4 Å². The first-order valence-corrected chi connectivity index (χ1v) is 13.2. The molecular weight excluding hydrogens is 470 g/mol. The molecule has 5 rings (SSSR count). The van der Waals surface area contributed by atoms with Crippen LogP contribution in [0, 0.1) is 23.1 Å². The molecule has 2 aromatic heterocycles. The number of rotatable bonds is 6. The first kappa shape index (κ1) is 23.5. The number of ether oxygens (including phenoxy) is 1. The van der Waals surface area contributed by atoms with Crippen molar-refractivity contribution >= 4 is 52.7 Å². The molecule has 34 heavy (non-hydrogen) atoms. The minimum atomic E-state index is -0.439. The smallest absolute Gasteiger partial charge is 0.199 e. The molecule has 0 radical (unpaired) electrons. The Morgan fingerprint density at radius 3 is 2.74 bits per heavy atom. The molecule has 2 fully saturated rings. The number of hydrogen-bond donors (Lipinski definition) is 1. The molecular formula is C25H30FN4O2PS. The van der Waals surface area contributed by atoms with Crippen molar-refractivity contribution in [3.63, 3.8) is 0 Å². The highest BCUT2D eigenvalue weighted by Crippen LogP contribution is 2.47. The van der Waals surface area contributed by atoms with Crippen LogP contribution in [0.2, 0.25) is 0 Å². The normalized spacial score (nSPS) is 18.7. The second-order valence-electron chi connectivity index (χ2n) is 9.89. The second-order valence-corrected chi connectivity index (χ2v) is 11.5. The van der Waals surface area contributed by atoms with Crippen LogP contribution < -0.4 is 25.7 Å². The summed E-state index contributed by atoms with van der Waals surface area (Å²) in [6.45, 7) is 8.81. The number of thiophene rings is 1. The van der Waals surface area contributed by atoms with Crippen molar-refractivity contribution in [1.29, 1.82) is 5.26 Å². The van der Waals surface area contributed by atoms with E-state index < -0.39 is 5.82 Å². The van der Waals surface area contributed by atoms with Crippen LogP contribution >= 0.6 is 20.6 Å². The van der Waals surface area contributed by atoms with Gasteiger partial charge in [0.15, 0.2) is 17.0 Å². The SMILES string of the molecule is CCNC(C)(C)C1CCN(c2c(F)cc3c(=O)c4c(P)c(C#N)sc4n(C4CC4)c3c2OC)C1. The van der Waals surface area contributed by atoms with E-state index >= 15 is 4.39 Å². The summed E-state index contributed by atoms with van der Waals surface area (Å²) < 4.78 is 23.8. The van der Waals surface area contributed by atoms with Crippen LogP contribution in [-0.2, 0) is 0 Å². The topological polar surface area (TPSA) is 70.3 Å². The molecule has 0 bridgehead atoms. The molecule has 2 aliphatic rings. The van der Waals surface area contributed by atoms with Gasteiger partial charge >= 0.3 is 0 Å². The van der Waals surface area contributed by atoms with Gasteiger partial charge in [0.25, 0.3) is 0 Å². The van der Waals surface area contributed by atoms with Gasteiger partial charge in [-0.05, 0) is 51.6 Å². The van der Waals surface area contributed by atoms with Crippen LogP contribution in [0.25, 0.3) is 21.1 Å². The quantitative estimate of drug-likeness (QED) is 0.512. The number of aromatic nitrogens is 1. The van der Waals surface area contributed by atoms with Crippen molar-refractivity contribution in [1.82, 2.24) is 9.88 Å². The molecule has 3 heterocycles. The van der Waals surface area contributed by atoms with Crippen LogP contribution in [0.4, 0.5) is 10.1 Å². The maximum Gasteiger partial charge on any atom is 0.199 e. The molecule has 0 spiro atoms. The zero-order valence-electron chi connectivity index (χ0n) is 20.0. The number of nitrogens with one attached hydrogen (secondary N) is 1. The molecule has 2 atom stereocenters. The van der Waals surface area contributed by atoms with Crippen molar-refractivity contribution in [3.8, 4) is 11.8 Å². The fourth-order valence-electron chi connectivity index (χ4n) is 5.48. The molecule has 3 aromatic rings. The Labute approximate surface area is 204 Å². The average Bonchev–Trinajstić information content (AvgIpc) is 3.40. The number of benzene rings is 1. The van der Waals surface area contributed by atoms with Crippen LogP contribution in [0.5, 0.6) is 5.75 Å². The summed E-state index contributed by atoms with van der Waals surface area (Å²) in [6.07, 6.45) is 2.91. The third-order valence-corrected chi connectivity index (χ3v) is 9.31. The van der Waals surface area contributed by atoms with Gasteiger partial charge in [-0.15, -0.1) is 20.6 Å². The maximum atomic E-state index is 15.8. The molecule has 9 heteroatoms. The largest absolute Gasteiger partial charge is 0.492 e. The van der Waals surface area contributed by atoms with Gasteiger partial charge in [0.2, 0.25) is 0 Å². The average molecular weight is 501 g/mol. The Kier molecular flexibility index (Phi) is 5.87. The summed E-state index contributed by atoms with van der Waals surface area (Å²) in [5, 5.41) is 14.6. The fourth-order valence-corrected chi connectivity index (χ4v) is 7.19. The van der Waals surface area contributed by atoms with Crippen molar-refractivity contribution < 1.29 is 9.13 Å². The second kappa shape index (κ2) is 8.48. The number of halogens is 1.